The lowest BCUT2D eigenvalue weighted by molar-refractivity contribution is -0.392. The first-order valence-electron chi connectivity index (χ1n) is 34.5. The normalized spacial score (nSPS) is 25.1. The maximum absolute atomic E-state index is 14.6. The molecule has 0 unspecified atom stereocenters. The summed E-state index contributed by atoms with van der Waals surface area (Å²) in [6, 6.07) is 86.8. The van der Waals surface area contributed by atoms with Gasteiger partial charge in [0, 0.05) is 0 Å². The molecular formula is C84H88O17. The van der Waals surface area contributed by atoms with E-state index in [0.29, 0.717) is 5.56 Å². The van der Waals surface area contributed by atoms with Crippen LogP contribution in [-0.2, 0) is 124 Å². The fourth-order valence-electron chi connectivity index (χ4n) is 12.5. The van der Waals surface area contributed by atoms with Crippen LogP contribution in [0.25, 0.3) is 0 Å². The number of esters is 1. The molecule has 3 saturated heterocycles. The van der Waals surface area contributed by atoms with Crippen molar-refractivity contribution in [2.24, 2.45) is 0 Å². The summed E-state index contributed by atoms with van der Waals surface area (Å²) >= 11 is 0. The topological polar surface area (TPSA) is 176 Å². The number of aliphatic hydroxyl groups excluding tert-OH is 1. The van der Waals surface area contributed by atoms with Gasteiger partial charge in [0.1, 0.15) is 67.1 Å². The molecule has 0 radical (unpaired) electrons. The van der Waals surface area contributed by atoms with Crippen molar-refractivity contribution in [2.75, 3.05) is 26.4 Å². The van der Waals surface area contributed by atoms with Gasteiger partial charge in [0.2, 0.25) is 0 Å². The van der Waals surface area contributed by atoms with Crippen molar-refractivity contribution in [3.05, 3.63) is 336 Å². The molecule has 0 aromatic heterocycles. The van der Waals surface area contributed by atoms with Crippen LogP contribution in [0.3, 0.4) is 0 Å². The molecule has 12 rings (SSSR count). The van der Waals surface area contributed by atoms with E-state index in [-0.39, 0.29) is 79.3 Å². The summed E-state index contributed by atoms with van der Waals surface area (Å²) in [5, 5.41) is 12.7. The minimum atomic E-state index is -1.39. The van der Waals surface area contributed by atoms with E-state index in [1.54, 1.807) is 30.3 Å². The molecule has 101 heavy (non-hydrogen) atoms. The predicted octanol–water partition coefficient (Wildman–Crippen LogP) is 13.3. The molecule has 9 aromatic carbocycles. The van der Waals surface area contributed by atoms with Crippen LogP contribution >= 0.6 is 0 Å². The van der Waals surface area contributed by atoms with Gasteiger partial charge in [-0.05, 0) is 56.6 Å². The second kappa shape index (κ2) is 38.6. The maximum Gasteiger partial charge on any atom is 0.338 e. The molecule has 17 nitrogen and oxygen atoms in total. The highest BCUT2D eigenvalue weighted by Crippen LogP contribution is 2.39. The molecule has 17 heteroatoms. The maximum atomic E-state index is 14.6. The first kappa shape index (κ1) is 72.4. The Morgan fingerprint density at radius 2 is 0.594 bits per heavy atom. The van der Waals surface area contributed by atoms with Crippen molar-refractivity contribution in [3.8, 4) is 0 Å². The third-order valence-corrected chi connectivity index (χ3v) is 17.6. The van der Waals surface area contributed by atoms with Gasteiger partial charge in [-0.3, -0.25) is 0 Å². The third kappa shape index (κ3) is 21.1. The molecular weight excluding hydrogens is 1280 g/mol. The van der Waals surface area contributed by atoms with Gasteiger partial charge in [0.15, 0.2) is 25.0 Å². The summed E-state index contributed by atoms with van der Waals surface area (Å²) in [4.78, 5) is 14.6. The van der Waals surface area contributed by atoms with E-state index in [9.17, 15) is 9.90 Å². The highest BCUT2D eigenvalue weighted by atomic mass is 16.8. The van der Waals surface area contributed by atoms with Gasteiger partial charge in [0.05, 0.1) is 84.8 Å². The second-order valence-corrected chi connectivity index (χ2v) is 25.0. The van der Waals surface area contributed by atoms with Crippen LogP contribution in [0, 0.1) is 0 Å². The minimum absolute atomic E-state index is 0.0232. The first-order valence-corrected chi connectivity index (χ1v) is 34.5. The lowest BCUT2D eigenvalue weighted by atomic mass is 9.95. The Balaban J connectivity index is 0.979. The van der Waals surface area contributed by atoms with E-state index in [0.717, 1.165) is 44.5 Å². The number of aliphatic hydroxyl groups is 1. The van der Waals surface area contributed by atoms with Gasteiger partial charge < -0.3 is 76.2 Å². The molecule has 3 fully saturated rings. The predicted molar refractivity (Wildman–Crippen MR) is 377 cm³/mol. The fourth-order valence-corrected chi connectivity index (χ4v) is 12.5. The number of rotatable bonds is 36. The van der Waals surface area contributed by atoms with E-state index >= 15 is 0 Å². The molecule has 3 aliphatic heterocycles. The Labute approximate surface area is 591 Å². The molecule has 3 aliphatic rings. The zero-order valence-corrected chi connectivity index (χ0v) is 56.4. The highest BCUT2D eigenvalue weighted by molar-refractivity contribution is 5.89. The Kier molecular flexibility index (Phi) is 27.6. The van der Waals surface area contributed by atoms with Gasteiger partial charge in [-0.1, -0.05) is 267 Å². The molecule has 0 aliphatic carbocycles. The van der Waals surface area contributed by atoms with E-state index in [1.165, 1.54) is 0 Å². The van der Waals surface area contributed by atoms with Crippen molar-refractivity contribution < 1.29 is 81.0 Å². The Morgan fingerprint density at radius 3 is 0.950 bits per heavy atom. The Bertz CT molecular complexity index is 3780. The Morgan fingerprint density at radius 1 is 0.317 bits per heavy atom. The molecule has 0 bridgehead atoms. The van der Waals surface area contributed by atoms with Crippen LogP contribution in [0.4, 0.5) is 0 Å². The summed E-state index contributed by atoms with van der Waals surface area (Å²) in [5.41, 5.74) is 7.30. The highest BCUT2D eigenvalue weighted by Gasteiger charge is 2.57. The summed E-state index contributed by atoms with van der Waals surface area (Å²) in [7, 11) is 0. The number of hydrogen-bond acceptors (Lipinski definition) is 17. The molecule has 0 spiro atoms. The summed E-state index contributed by atoms with van der Waals surface area (Å²) in [6.07, 6.45) is -16.1. The molecule has 9 aromatic rings. The summed E-state index contributed by atoms with van der Waals surface area (Å²) < 4.78 is 106. The van der Waals surface area contributed by atoms with Crippen molar-refractivity contribution in [2.45, 2.75) is 145 Å². The van der Waals surface area contributed by atoms with Crippen LogP contribution < -0.4 is 0 Å². The SMILES string of the molecule is C=CCO[C@@H]1O[C@H](COCc2ccccc2)[C@@H](O[C@@H]2O[C@H](COCc3ccccc3)[C@@H](O[C@@H]3O[C@H](COCc4ccccc4)[C@@H](O)[C@H](OCc4ccccc4)[C@@H]3OCc3ccccc3)[C@H](OCc3ccccc3)[C@@H]2OCc2ccccc2)[C@H](OCc2ccccc2)[C@H]1OC(=O)c1ccccc1. The fraction of sp³-hybridized carbons (Fsp3) is 0.321. The second-order valence-electron chi connectivity index (χ2n) is 25.0. The van der Waals surface area contributed by atoms with Gasteiger partial charge in [-0.15, -0.1) is 6.58 Å². The first-order chi connectivity index (χ1) is 49.9. The van der Waals surface area contributed by atoms with Gasteiger partial charge >= 0.3 is 5.97 Å². The third-order valence-electron chi connectivity index (χ3n) is 17.6. The van der Waals surface area contributed by atoms with Crippen molar-refractivity contribution >= 4 is 5.97 Å². The number of benzene rings is 9. The summed E-state index contributed by atoms with van der Waals surface area (Å²) in [5.74, 6) is -0.651. The van der Waals surface area contributed by atoms with Crippen molar-refractivity contribution in [3.63, 3.8) is 0 Å². The summed E-state index contributed by atoms with van der Waals surface area (Å²) in [6.45, 7) is 4.73. The van der Waals surface area contributed by atoms with Gasteiger partial charge in [0.25, 0.3) is 0 Å². The average Bonchev–Trinajstić information content (AvgIpc) is 0.765. The monoisotopic (exact) mass is 1370 g/mol. The number of ether oxygens (including phenoxy) is 15. The van der Waals surface area contributed by atoms with Crippen molar-refractivity contribution in [1.82, 2.24) is 0 Å². The zero-order valence-electron chi connectivity index (χ0n) is 56.4. The van der Waals surface area contributed by atoms with E-state index in [1.807, 2.05) is 249 Å². The average molecular weight is 1370 g/mol. The Hall–Kier alpha value is -8.41. The van der Waals surface area contributed by atoms with Crippen LogP contribution in [-0.4, -0.2) is 130 Å². The van der Waals surface area contributed by atoms with E-state index < -0.39 is 98.1 Å². The molecule has 15 atom stereocenters. The number of hydrogen-bond donors (Lipinski definition) is 1. The molecule has 3 heterocycles. The lowest BCUT2D eigenvalue weighted by Gasteiger charge is -2.51. The van der Waals surface area contributed by atoms with Crippen molar-refractivity contribution in [1.29, 1.82) is 0 Å². The lowest BCUT2D eigenvalue weighted by Crippen LogP contribution is -2.68. The van der Waals surface area contributed by atoms with Crippen LogP contribution in [0.2, 0.25) is 0 Å². The van der Waals surface area contributed by atoms with E-state index in [2.05, 4.69) is 6.58 Å². The van der Waals surface area contributed by atoms with Crippen LogP contribution in [0.15, 0.2) is 286 Å². The number of carbonyl (C=O) groups is 1. The smallest absolute Gasteiger partial charge is 0.338 e. The molecule has 0 amide bonds. The number of carbonyl (C=O) groups excluding carboxylic acids is 1. The van der Waals surface area contributed by atoms with Crippen LogP contribution in [0.1, 0.15) is 54.9 Å². The molecule has 526 valence electrons. The van der Waals surface area contributed by atoms with Crippen LogP contribution in [0.5, 0.6) is 0 Å². The molecule has 0 saturated carbocycles. The standard InChI is InChI=1S/C84H88O17/c1-2-48-90-82-80(99-81(86)68-46-28-11-29-47-68)77(93-54-65-40-22-8-23-41-65)74(70(97-82)58-88-50-61-32-14-4-15-33-61)101-84-79(95-56-67-44-26-10-27-45-67)76(92-53-64-38-20-7-21-39-64)73(71(98-84)59-89-51-62-34-16-5-17-35-62)100-83-78(94-55-66-42-24-9-25-43-66)75(91-52-63-36-18-6-19-37-63)72(85)69(96-83)57-87-49-60-30-12-3-13-31-60/h2-47,69-80,82-85H,1,48-59H2/t69-,70-,71-,72-,73-,74-,75+,76+,77+,78+,79+,80-,82-,83+,84+/m1/s1. The largest absolute Gasteiger partial charge is 0.450 e. The minimum Gasteiger partial charge on any atom is -0.450 e. The van der Waals surface area contributed by atoms with Gasteiger partial charge in [-0.25, -0.2) is 4.79 Å². The quantitative estimate of drug-likeness (QED) is 0.0290. The van der Waals surface area contributed by atoms with Gasteiger partial charge in [-0.2, -0.15) is 0 Å². The zero-order chi connectivity index (χ0) is 69.1. The molecule has 1 N–H and O–H groups in total. The van der Waals surface area contributed by atoms with E-state index in [4.69, 9.17) is 71.1 Å².